The van der Waals surface area contributed by atoms with Gasteiger partial charge < -0.3 is 14.5 Å². The van der Waals surface area contributed by atoms with Gasteiger partial charge >= 0.3 is 6.09 Å². The van der Waals surface area contributed by atoms with Crippen LogP contribution in [0.15, 0.2) is 22.7 Å². The molecule has 1 aromatic rings. The average molecular weight is 452 g/mol. The molecule has 5 nitrogen and oxygen atoms in total. The summed E-state index contributed by atoms with van der Waals surface area (Å²) in [5.41, 5.74) is 2.29. The monoisotopic (exact) mass is 451 g/mol. The summed E-state index contributed by atoms with van der Waals surface area (Å²) in [5, 5.41) is 0. The van der Waals surface area contributed by atoms with Gasteiger partial charge in [0.05, 0.1) is 0 Å². The summed E-state index contributed by atoms with van der Waals surface area (Å²) in [5.74, 6) is 0. The van der Waals surface area contributed by atoms with Crippen molar-refractivity contribution in [3.8, 4) is 0 Å². The standard InChI is InChI=1S/C22H34BrN3O2/c1-17-15-24(12-13-26(17)21(27)28-22(2,3)4)16-18-8-9-19(23)14-20(18)25-10-6-5-7-11-25/h8-9,14,17H,5-7,10-13,15-16H2,1-4H3/t17-/m1/s1. The molecule has 0 N–H and O–H groups in total. The second-order valence-corrected chi connectivity index (χ2v) is 9.99. The van der Waals surface area contributed by atoms with Crippen molar-refractivity contribution in [2.24, 2.45) is 0 Å². The third-order valence-corrected chi connectivity index (χ3v) is 5.97. The van der Waals surface area contributed by atoms with E-state index in [0.29, 0.717) is 6.54 Å². The van der Waals surface area contributed by atoms with Crippen LogP contribution >= 0.6 is 15.9 Å². The van der Waals surface area contributed by atoms with Gasteiger partial charge in [-0.25, -0.2) is 4.79 Å². The average Bonchev–Trinajstić information content (AvgIpc) is 2.62. The molecule has 2 saturated heterocycles. The summed E-state index contributed by atoms with van der Waals surface area (Å²) in [6.07, 6.45) is 3.69. The van der Waals surface area contributed by atoms with Crippen LogP contribution in [0.4, 0.5) is 10.5 Å². The van der Waals surface area contributed by atoms with Gasteiger partial charge in [0.2, 0.25) is 0 Å². The van der Waals surface area contributed by atoms with Crippen LogP contribution in [0.5, 0.6) is 0 Å². The molecule has 0 saturated carbocycles. The lowest BCUT2D eigenvalue weighted by molar-refractivity contribution is 0.000570. The van der Waals surface area contributed by atoms with Gasteiger partial charge in [0.15, 0.2) is 0 Å². The highest BCUT2D eigenvalue weighted by molar-refractivity contribution is 9.10. The van der Waals surface area contributed by atoms with E-state index in [1.165, 1.54) is 30.5 Å². The zero-order valence-corrected chi connectivity index (χ0v) is 19.3. The van der Waals surface area contributed by atoms with Crippen molar-refractivity contribution in [1.29, 1.82) is 0 Å². The number of amides is 1. The quantitative estimate of drug-likeness (QED) is 0.655. The van der Waals surface area contributed by atoms with Crippen molar-refractivity contribution in [3.05, 3.63) is 28.2 Å². The van der Waals surface area contributed by atoms with Crippen molar-refractivity contribution < 1.29 is 9.53 Å². The normalized spacial score (nSPS) is 21.7. The first-order chi connectivity index (χ1) is 13.2. The molecule has 156 valence electrons. The van der Waals surface area contributed by atoms with E-state index in [1.54, 1.807) is 0 Å². The molecule has 2 aliphatic rings. The van der Waals surface area contributed by atoms with Gasteiger partial charge in [-0.1, -0.05) is 22.0 Å². The maximum Gasteiger partial charge on any atom is 0.410 e. The number of anilines is 1. The van der Waals surface area contributed by atoms with E-state index in [1.807, 2.05) is 25.7 Å². The third-order valence-electron chi connectivity index (χ3n) is 5.48. The summed E-state index contributed by atoms with van der Waals surface area (Å²) in [6.45, 7) is 13.5. The second kappa shape index (κ2) is 9.04. The SMILES string of the molecule is C[C@@H]1CN(Cc2ccc(Br)cc2N2CCCCC2)CCN1C(=O)OC(C)(C)C. The number of piperidine rings is 1. The molecule has 2 heterocycles. The van der Waals surface area contributed by atoms with Crippen LogP contribution in [0.2, 0.25) is 0 Å². The van der Waals surface area contributed by atoms with Gasteiger partial charge in [-0.2, -0.15) is 0 Å². The second-order valence-electron chi connectivity index (χ2n) is 9.08. The molecule has 0 spiro atoms. The Hall–Kier alpha value is -1.27. The van der Waals surface area contributed by atoms with E-state index in [2.05, 4.69) is 50.9 Å². The highest BCUT2D eigenvalue weighted by Gasteiger charge is 2.31. The van der Waals surface area contributed by atoms with Gasteiger partial charge in [-0.3, -0.25) is 4.90 Å². The van der Waals surface area contributed by atoms with Crippen LogP contribution in [0, 0.1) is 0 Å². The van der Waals surface area contributed by atoms with Crippen molar-refractivity contribution in [3.63, 3.8) is 0 Å². The highest BCUT2D eigenvalue weighted by Crippen LogP contribution is 2.29. The van der Waals surface area contributed by atoms with Crippen LogP contribution in [0.1, 0.15) is 52.5 Å². The molecule has 1 amide bonds. The number of carbonyl (C=O) groups excluding carboxylic acids is 1. The molecule has 0 aromatic heterocycles. The van der Waals surface area contributed by atoms with Crippen LogP contribution < -0.4 is 4.90 Å². The number of hydrogen-bond donors (Lipinski definition) is 0. The van der Waals surface area contributed by atoms with E-state index >= 15 is 0 Å². The first-order valence-corrected chi connectivity index (χ1v) is 11.3. The minimum Gasteiger partial charge on any atom is -0.444 e. The molecule has 3 rings (SSSR count). The van der Waals surface area contributed by atoms with Gasteiger partial charge in [-0.15, -0.1) is 0 Å². The number of ether oxygens (including phenoxy) is 1. The van der Waals surface area contributed by atoms with Crippen molar-refractivity contribution in [2.45, 2.75) is 65.1 Å². The fourth-order valence-corrected chi connectivity index (χ4v) is 4.46. The Kier molecular flexibility index (Phi) is 6.92. The Bertz CT molecular complexity index is 683. The van der Waals surface area contributed by atoms with Gasteiger partial charge in [0, 0.05) is 55.5 Å². The summed E-state index contributed by atoms with van der Waals surface area (Å²) >= 11 is 3.65. The molecule has 1 atom stereocenters. The minimum absolute atomic E-state index is 0.150. The smallest absolute Gasteiger partial charge is 0.410 e. The lowest BCUT2D eigenvalue weighted by atomic mass is 10.1. The molecule has 6 heteroatoms. The molecule has 28 heavy (non-hydrogen) atoms. The number of piperazine rings is 1. The fourth-order valence-electron chi connectivity index (χ4n) is 4.11. The summed E-state index contributed by atoms with van der Waals surface area (Å²) in [6, 6.07) is 6.81. The van der Waals surface area contributed by atoms with E-state index < -0.39 is 5.60 Å². The summed E-state index contributed by atoms with van der Waals surface area (Å²) in [7, 11) is 0. The zero-order chi connectivity index (χ0) is 20.3. The largest absolute Gasteiger partial charge is 0.444 e. The Labute approximate surface area is 178 Å². The third kappa shape index (κ3) is 5.63. The van der Waals surface area contributed by atoms with Crippen molar-refractivity contribution >= 4 is 27.7 Å². The molecule has 0 bridgehead atoms. The molecular weight excluding hydrogens is 418 g/mol. The molecular formula is C22H34BrN3O2. The van der Waals surface area contributed by atoms with E-state index in [4.69, 9.17) is 4.74 Å². The first-order valence-electron chi connectivity index (χ1n) is 10.5. The van der Waals surface area contributed by atoms with Gasteiger partial charge in [-0.05, 0) is 64.7 Å². The summed E-state index contributed by atoms with van der Waals surface area (Å²) in [4.78, 5) is 19.3. The predicted molar refractivity (Wildman–Crippen MR) is 118 cm³/mol. The maximum atomic E-state index is 12.5. The first kappa shape index (κ1) is 21.4. The number of nitrogens with zero attached hydrogens (tertiary/aromatic N) is 3. The van der Waals surface area contributed by atoms with Crippen LogP contribution in [-0.4, -0.2) is 60.3 Å². The minimum atomic E-state index is -0.450. The Morgan fingerprint density at radius 1 is 1.14 bits per heavy atom. The molecule has 0 radical (unpaired) electrons. The fraction of sp³-hybridized carbons (Fsp3) is 0.682. The van der Waals surface area contributed by atoms with E-state index in [-0.39, 0.29) is 12.1 Å². The predicted octanol–water partition coefficient (Wildman–Crippen LogP) is 4.88. The zero-order valence-electron chi connectivity index (χ0n) is 17.7. The number of benzene rings is 1. The Balaban J connectivity index is 1.65. The number of carbonyl (C=O) groups is 1. The number of hydrogen-bond acceptors (Lipinski definition) is 4. The Morgan fingerprint density at radius 3 is 2.50 bits per heavy atom. The van der Waals surface area contributed by atoms with Crippen LogP contribution in [-0.2, 0) is 11.3 Å². The van der Waals surface area contributed by atoms with Crippen LogP contribution in [0.3, 0.4) is 0 Å². The number of halogens is 1. The number of rotatable bonds is 3. The van der Waals surface area contributed by atoms with E-state index in [0.717, 1.165) is 37.2 Å². The molecule has 2 fully saturated rings. The summed E-state index contributed by atoms with van der Waals surface area (Å²) < 4.78 is 6.71. The molecule has 0 aliphatic carbocycles. The molecule has 0 unspecified atom stereocenters. The maximum absolute atomic E-state index is 12.5. The Morgan fingerprint density at radius 2 is 1.86 bits per heavy atom. The lowest BCUT2D eigenvalue weighted by Crippen LogP contribution is -2.54. The van der Waals surface area contributed by atoms with Gasteiger partial charge in [0.25, 0.3) is 0 Å². The lowest BCUT2D eigenvalue weighted by Gasteiger charge is -2.40. The van der Waals surface area contributed by atoms with Crippen molar-refractivity contribution in [1.82, 2.24) is 9.80 Å². The topological polar surface area (TPSA) is 36.0 Å². The highest BCUT2D eigenvalue weighted by atomic mass is 79.9. The van der Waals surface area contributed by atoms with Crippen molar-refractivity contribution in [2.75, 3.05) is 37.6 Å². The molecule has 1 aromatic carbocycles. The van der Waals surface area contributed by atoms with Gasteiger partial charge in [0.1, 0.15) is 5.60 Å². The molecule has 2 aliphatic heterocycles. The van der Waals surface area contributed by atoms with E-state index in [9.17, 15) is 4.79 Å². The van der Waals surface area contributed by atoms with Crippen LogP contribution in [0.25, 0.3) is 0 Å².